The number of hydrogen-bond donors (Lipinski definition) is 1. The van der Waals surface area contributed by atoms with Crippen molar-refractivity contribution in [2.24, 2.45) is 0 Å². The molecule has 19 heavy (non-hydrogen) atoms. The van der Waals surface area contributed by atoms with Crippen molar-refractivity contribution in [3.63, 3.8) is 0 Å². The van der Waals surface area contributed by atoms with Gasteiger partial charge in [-0.15, -0.1) is 11.1 Å². The van der Waals surface area contributed by atoms with Gasteiger partial charge in [-0.25, -0.2) is 0 Å². The highest BCUT2D eigenvalue weighted by Gasteiger charge is 2.28. The molecule has 0 atom stereocenters. The van der Waals surface area contributed by atoms with E-state index in [-0.39, 0.29) is 11.1 Å². The van der Waals surface area contributed by atoms with E-state index >= 15 is 0 Å². The van der Waals surface area contributed by atoms with E-state index < -0.39 is 28.0 Å². The molecule has 0 aliphatic carbocycles. The van der Waals surface area contributed by atoms with Crippen LogP contribution in [0.5, 0.6) is 0 Å². The minimum Gasteiger partial charge on any atom is -0.287 e. The zero-order chi connectivity index (χ0) is 14.8. The van der Waals surface area contributed by atoms with Gasteiger partial charge >= 0.3 is 0 Å². The summed E-state index contributed by atoms with van der Waals surface area (Å²) in [6, 6.07) is 0. The number of rotatable bonds is 0. The molecule has 0 aromatic rings. The van der Waals surface area contributed by atoms with Crippen LogP contribution in [0.4, 0.5) is 0 Å². The second kappa shape index (κ2) is 5.20. The largest absolute Gasteiger partial charge is 0.287 e. The molecule has 1 heterocycles. The highest BCUT2D eigenvalue weighted by atomic mass is 28.3. The Morgan fingerprint density at radius 3 is 1.32 bits per heavy atom. The van der Waals surface area contributed by atoms with Gasteiger partial charge in [-0.2, -0.15) is 0 Å². The molecule has 1 N–H and O–H groups in total. The summed E-state index contributed by atoms with van der Waals surface area (Å²) in [5.74, 6) is 4.88. The Hall–Kier alpha value is -1.57. The molecule has 0 saturated heterocycles. The van der Waals surface area contributed by atoms with Gasteiger partial charge in [-0.1, -0.05) is 51.1 Å². The van der Waals surface area contributed by atoms with Crippen molar-refractivity contribution in [2.45, 2.75) is 39.3 Å². The standard InChI is InChI=1S/C14H19NO2Si2/c1-18(2,3)9-7-11-12(8-10-19(4,5)6)14(17)15-13(11)16/h1-6H3,(H,15,16,17). The van der Waals surface area contributed by atoms with Crippen molar-refractivity contribution in [3.05, 3.63) is 11.1 Å². The molecule has 3 nitrogen and oxygen atoms in total. The number of carbonyl (C=O) groups is 2. The summed E-state index contributed by atoms with van der Waals surface area (Å²) in [4.78, 5) is 23.4. The number of carbonyl (C=O) groups excluding carboxylic acids is 2. The van der Waals surface area contributed by atoms with Gasteiger partial charge < -0.3 is 0 Å². The summed E-state index contributed by atoms with van der Waals surface area (Å²) < 4.78 is 0. The normalized spacial score (nSPS) is 15.5. The zero-order valence-corrected chi connectivity index (χ0v) is 14.3. The molecule has 0 spiro atoms. The third kappa shape index (κ3) is 4.90. The first-order valence-corrected chi connectivity index (χ1v) is 13.2. The first-order valence-electron chi connectivity index (χ1n) is 6.16. The van der Waals surface area contributed by atoms with Gasteiger partial charge in [-0.3, -0.25) is 14.9 Å². The fraction of sp³-hybridized carbons (Fsp3) is 0.429. The van der Waals surface area contributed by atoms with Crippen LogP contribution >= 0.6 is 0 Å². The van der Waals surface area contributed by atoms with Gasteiger partial charge in [-0.05, 0) is 0 Å². The van der Waals surface area contributed by atoms with Crippen LogP contribution in [0, 0.1) is 22.9 Å². The third-order valence-corrected chi connectivity index (χ3v) is 3.81. The number of nitrogens with one attached hydrogen (secondary N) is 1. The Balaban J connectivity index is 3.28. The molecule has 2 amide bonds. The van der Waals surface area contributed by atoms with Crippen molar-refractivity contribution < 1.29 is 9.59 Å². The maximum atomic E-state index is 11.7. The fourth-order valence-corrected chi connectivity index (χ4v) is 2.19. The van der Waals surface area contributed by atoms with Crippen LogP contribution in [-0.2, 0) is 9.59 Å². The monoisotopic (exact) mass is 289 g/mol. The smallest absolute Gasteiger partial charge is 0.268 e. The lowest BCUT2D eigenvalue weighted by Gasteiger charge is -2.03. The van der Waals surface area contributed by atoms with E-state index in [0.29, 0.717) is 0 Å². The number of imide groups is 1. The van der Waals surface area contributed by atoms with Crippen LogP contribution in [0.25, 0.3) is 0 Å². The van der Waals surface area contributed by atoms with Crippen LogP contribution in [0.2, 0.25) is 39.3 Å². The average molecular weight is 289 g/mol. The first kappa shape index (κ1) is 15.5. The number of amides is 2. The lowest BCUT2D eigenvalue weighted by atomic mass is 10.1. The Morgan fingerprint density at radius 2 is 1.05 bits per heavy atom. The summed E-state index contributed by atoms with van der Waals surface area (Å²) >= 11 is 0. The topological polar surface area (TPSA) is 46.2 Å². The number of hydrogen-bond acceptors (Lipinski definition) is 2. The molecule has 0 aromatic heterocycles. The summed E-state index contributed by atoms with van der Waals surface area (Å²) in [5, 5.41) is 2.26. The van der Waals surface area contributed by atoms with Gasteiger partial charge in [0.25, 0.3) is 11.8 Å². The van der Waals surface area contributed by atoms with Crippen LogP contribution in [0.1, 0.15) is 0 Å². The van der Waals surface area contributed by atoms with E-state index in [9.17, 15) is 9.59 Å². The van der Waals surface area contributed by atoms with E-state index in [0.717, 1.165) is 0 Å². The van der Waals surface area contributed by atoms with E-state index in [2.05, 4.69) is 67.5 Å². The van der Waals surface area contributed by atoms with Crippen molar-refractivity contribution >= 4 is 28.0 Å². The molecule has 0 fully saturated rings. The molecule has 0 aromatic carbocycles. The summed E-state index contributed by atoms with van der Waals surface area (Å²) in [6.07, 6.45) is 0. The summed E-state index contributed by atoms with van der Waals surface area (Å²) in [6.45, 7) is 12.5. The molecule has 1 rings (SSSR count). The Labute approximate surface area is 116 Å². The van der Waals surface area contributed by atoms with Crippen molar-refractivity contribution in [1.82, 2.24) is 5.32 Å². The molecular formula is C14H19NO2Si2. The highest BCUT2D eigenvalue weighted by molar-refractivity contribution is 6.84. The van der Waals surface area contributed by atoms with E-state index in [1.54, 1.807) is 0 Å². The third-order valence-electron chi connectivity index (χ3n) is 2.06. The SMILES string of the molecule is C[Si](C)(C)C#CC1=C(C#C[Si](C)(C)C)C(=O)NC1=O. The molecule has 1 aliphatic heterocycles. The summed E-state index contributed by atoms with van der Waals surface area (Å²) in [7, 11) is -3.18. The average Bonchev–Trinajstić information content (AvgIpc) is 2.45. The molecule has 0 unspecified atom stereocenters. The summed E-state index contributed by atoms with van der Waals surface area (Å²) in [5.41, 5.74) is 6.68. The van der Waals surface area contributed by atoms with Gasteiger partial charge in [0.05, 0.1) is 0 Å². The zero-order valence-electron chi connectivity index (χ0n) is 12.3. The van der Waals surface area contributed by atoms with Crippen molar-refractivity contribution in [3.8, 4) is 22.9 Å². The molecule has 0 bridgehead atoms. The Bertz CT molecular complexity index is 529. The first-order chi connectivity index (χ1) is 8.49. The molecule has 0 radical (unpaired) electrons. The lowest BCUT2D eigenvalue weighted by molar-refractivity contribution is -0.123. The van der Waals surface area contributed by atoms with Crippen molar-refractivity contribution in [2.75, 3.05) is 0 Å². The van der Waals surface area contributed by atoms with E-state index in [1.807, 2.05) is 0 Å². The lowest BCUT2D eigenvalue weighted by Crippen LogP contribution is -2.23. The maximum Gasteiger partial charge on any atom is 0.268 e. The molecule has 100 valence electrons. The predicted octanol–water partition coefficient (Wildman–Crippen LogP) is 1.70. The van der Waals surface area contributed by atoms with Gasteiger partial charge in [0.15, 0.2) is 0 Å². The van der Waals surface area contributed by atoms with Crippen molar-refractivity contribution in [1.29, 1.82) is 0 Å². The van der Waals surface area contributed by atoms with E-state index in [1.165, 1.54) is 0 Å². The van der Waals surface area contributed by atoms with Gasteiger partial charge in [0, 0.05) is 0 Å². The van der Waals surface area contributed by atoms with Gasteiger partial charge in [0.2, 0.25) is 0 Å². The second-order valence-corrected chi connectivity index (χ2v) is 16.0. The van der Waals surface area contributed by atoms with Crippen LogP contribution in [-0.4, -0.2) is 28.0 Å². The quantitative estimate of drug-likeness (QED) is 0.419. The van der Waals surface area contributed by atoms with Gasteiger partial charge in [0.1, 0.15) is 27.3 Å². The molecule has 5 heteroatoms. The maximum absolute atomic E-state index is 11.7. The van der Waals surface area contributed by atoms with Crippen LogP contribution in [0.3, 0.4) is 0 Å². The highest BCUT2D eigenvalue weighted by Crippen LogP contribution is 2.12. The minimum atomic E-state index is -1.59. The Kier molecular flexibility index (Phi) is 4.24. The molecular weight excluding hydrogens is 270 g/mol. The molecule has 0 saturated carbocycles. The fourth-order valence-electron chi connectivity index (χ4n) is 1.19. The van der Waals surface area contributed by atoms with Crippen LogP contribution in [0.15, 0.2) is 11.1 Å². The predicted molar refractivity (Wildman–Crippen MR) is 82.4 cm³/mol. The minimum absolute atomic E-state index is 0.234. The Morgan fingerprint density at radius 1 is 0.737 bits per heavy atom. The second-order valence-electron chi connectivity index (χ2n) is 6.53. The van der Waals surface area contributed by atoms with Crippen LogP contribution < -0.4 is 5.32 Å². The molecule has 1 aliphatic rings. The van der Waals surface area contributed by atoms with E-state index in [4.69, 9.17) is 0 Å².